The fourth-order valence-electron chi connectivity index (χ4n) is 2.57. The number of pyridine rings is 1. The molecule has 4 heteroatoms. The lowest BCUT2D eigenvalue weighted by Gasteiger charge is -2.28. The van der Waals surface area contributed by atoms with Gasteiger partial charge in [-0.2, -0.15) is 0 Å². The smallest absolute Gasteiger partial charge is 0.123 e. The van der Waals surface area contributed by atoms with Gasteiger partial charge in [-0.1, -0.05) is 6.07 Å². The Bertz CT molecular complexity index is 572. The van der Waals surface area contributed by atoms with E-state index in [0.717, 1.165) is 24.1 Å². The fourth-order valence-corrected chi connectivity index (χ4v) is 2.57. The zero-order chi connectivity index (χ0) is 15.2. The summed E-state index contributed by atoms with van der Waals surface area (Å²) in [5.74, 6) is -0.202. The van der Waals surface area contributed by atoms with E-state index in [1.54, 1.807) is 18.5 Å². The van der Waals surface area contributed by atoms with Crippen LogP contribution >= 0.6 is 0 Å². The fraction of sp³-hybridized carbons (Fsp3) is 0.353. The molecule has 1 unspecified atom stereocenters. The van der Waals surface area contributed by atoms with Gasteiger partial charge in [0.2, 0.25) is 0 Å². The first kappa shape index (κ1) is 15.6. The van der Waals surface area contributed by atoms with Crippen molar-refractivity contribution in [2.75, 3.05) is 20.1 Å². The normalized spacial score (nSPS) is 12.6. The number of halogens is 1. The molecule has 0 aliphatic heterocycles. The van der Waals surface area contributed by atoms with Gasteiger partial charge in [0.05, 0.1) is 0 Å². The van der Waals surface area contributed by atoms with Gasteiger partial charge in [0, 0.05) is 31.5 Å². The number of hydrogen-bond donors (Lipinski definition) is 1. The monoisotopic (exact) mass is 287 g/mol. The molecule has 0 amide bonds. The highest BCUT2D eigenvalue weighted by Gasteiger charge is 2.17. The van der Waals surface area contributed by atoms with E-state index >= 15 is 0 Å². The van der Waals surface area contributed by atoms with Crippen molar-refractivity contribution in [2.45, 2.75) is 19.4 Å². The summed E-state index contributed by atoms with van der Waals surface area (Å²) in [5.41, 5.74) is 9.23. The van der Waals surface area contributed by atoms with Crippen LogP contribution in [0, 0.1) is 12.7 Å². The van der Waals surface area contributed by atoms with Crippen molar-refractivity contribution in [3.63, 3.8) is 0 Å². The minimum atomic E-state index is -0.202. The third kappa shape index (κ3) is 4.09. The second kappa shape index (κ2) is 7.29. The quantitative estimate of drug-likeness (QED) is 0.888. The molecule has 2 N–H and O–H groups in total. The SMILES string of the molecule is Cc1cc(F)ccc1C(CN)N(C)CCc1ccncc1. The van der Waals surface area contributed by atoms with Crippen molar-refractivity contribution in [3.05, 3.63) is 65.2 Å². The summed E-state index contributed by atoms with van der Waals surface area (Å²) >= 11 is 0. The predicted molar refractivity (Wildman–Crippen MR) is 83.5 cm³/mol. The highest BCUT2D eigenvalue weighted by atomic mass is 19.1. The topological polar surface area (TPSA) is 42.1 Å². The van der Waals surface area contributed by atoms with Crippen LogP contribution in [-0.4, -0.2) is 30.0 Å². The van der Waals surface area contributed by atoms with Gasteiger partial charge in [-0.05, 0) is 61.3 Å². The molecule has 0 saturated heterocycles. The number of nitrogens with zero attached hydrogens (tertiary/aromatic N) is 2. The number of hydrogen-bond acceptors (Lipinski definition) is 3. The molecule has 3 nitrogen and oxygen atoms in total. The lowest BCUT2D eigenvalue weighted by Crippen LogP contribution is -2.32. The second-order valence-electron chi connectivity index (χ2n) is 5.34. The average Bonchev–Trinajstić information content (AvgIpc) is 2.49. The van der Waals surface area contributed by atoms with Gasteiger partial charge in [-0.15, -0.1) is 0 Å². The van der Waals surface area contributed by atoms with E-state index < -0.39 is 0 Å². The van der Waals surface area contributed by atoms with Crippen molar-refractivity contribution in [1.29, 1.82) is 0 Å². The van der Waals surface area contributed by atoms with Crippen molar-refractivity contribution < 1.29 is 4.39 Å². The van der Waals surface area contributed by atoms with Crippen molar-refractivity contribution in [1.82, 2.24) is 9.88 Å². The van der Waals surface area contributed by atoms with E-state index in [9.17, 15) is 4.39 Å². The molecule has 0 radical (unpaired) electrons. The lowest BCUT2D eigenvalue weighted by atomic mass is 9.99. The van der Waals surface area contributed by atoms with Crippen LogP contribution in [0.3, 0.4) is 0 Å². The Balaban J connectivity index is 2.06. The number of benzene rings is 1. The molecule has 0 saturated carbocycles. The maximum atomic E-state index is 13.2. The van der Waals surface area contributed by atoms with Crippen LogP contribution in [0.25, 0.3) is 0 Å². The molecular formula is C17H22FN3. The van der Waals surface area contributed by atoms with Crippen molar-refractivity contribution in [3.8, 4) is 0 Å². The minimum absolute atomic E-state index is 0.104. The van der Waals surface area contributed by atoms with Gasteiger partial charge in [-0.3, -0.25) is 9.88 Å². The summed E-state index contributed by atoms with van der Waals surface area (Å²) in [6, 6.07) is 9.05. The van der Waals surface area contributed by atoms with Gasteiger partial charge in [0.15, 0.2) is 0 Å². The second-order valence-corrected chi connectivity index (χ2v) is 5.34. The van der Waals surface area contributed by atoms with Gasteiger partial charge in [0.25, 0.3) is 0 Å². The van der Waals surface area contributed by atoms with E-state index in [1.807, 2.05) is 25.1 Å². The molecule has 1 atom stereocenters. The van der Waals surface area contributed by atoms with E-state index in [2.05, 4.69) is 16.9 Å². The summed E-state index contributed by atoms with van der Waals surface area (Å²) in [4.78, 5) is 6.24. The lowest BCUT2D eigenvalue weighted by molar-refractivity contribution is 0.252. The molecule has 112 valence electrons. The summed E-state index contributed by atoms with van der Waals surface area (Å²) < 4.78 is 13.2. The van der Waals surface area contributed by atoms with Gasteiger partial charge >= 0.3 is 0 Å². The first-order chi connectivity index (χ1) is 10.1. The highest BCUT2D eigenvalue weighted by Crippen LogP contribution is 2.23. The number of nitrogens with two attached hydrogens (primary N) is 1. The van der Waals surface area contributed by atoms with Crippen LogP contribution < -0.4 is 5.73 Å². The summed E-state index contributed by atoms with van der Waals surface area (Å²) in [5, 5.41) is 0. The Morgan fingerprint density at radius 2 is 1.95 bits per heavy atom. The zero-order valence-electron chi connectivity index (χ0n) is 12.6. The standard InChI is InChI=1S/C17H22FN3/c1-13-11-15(18)3-4-16(13)17(12-19)21(2)10-7-14-5-8-20-9-6-14/h3-6,8-9,11,17H,7,10,12,19H2,1-2H3. The van der Waals surface area contributed by atoms with Crippen LogP contribution in [0.2, 0.25) is 0 Å². The maximum Gasteiger partial charge on any atom is 0.123 e. The molecule has 0 spiro atoms. The average molecular weight is 287 g/mol. The first-order valence-corrected chi connectivity index (χ1v) is 7.17. The molecule has 1 aromatic heterocycles. The molecule has 1 heterocycles. The highest BCUT2D eigenvalue weighted by molar-refractivity contribution is 5.30. The Labute approximate surface area is 125 Å². The van der Waals surface area contributed by atoms with Gasteiger partial charge in [0.1, 0.15) is 5.82 Å². The summed E-state index contributed by atoms with van der Waals surface area (Å²) in [6.07, 6.45) is 4.55. The van der Waals surface area contributed by atoms with E-state index in [-0.39, 0.29) is 11.9 Å². The minimum Gasteiger partial charge on any atom is -0.329 e. The number of aromatic nitrogens is 1. The summed E-state index contributed by atoms with van der Waals surface area (Å²) in [7, 11) is 2.06. The maximum absolute atomic E-state index is 13.2. The van der Waals surface area contributed by atoms with Crippen molar-refractivity contribution >= 4 is 0 Å². The van der Waals surface area contributed by atoms with Crippen LogP contribution in [0.15, 0.2) is 42.7 Å². The Kier molecular flexibility index (Phi) is 5.42. The Morgan fingerprint density at radius 3 is 2.57 bits per heavy atom. The summed E-state index contributed by atoms with van der Waals surface area (Å²) in [6.45, 7) is 3.33. The predicted octanol–water partition coefficient (Wildman–Crippen LogP) is 2.70. The number of likely N-dealkylation sites (N-methyl/N-ethyl adjacent to an activating group) is 1. The molecule has 0 aliphatic rings. The first-order valence-electron chi connectivity index (χ1n) is 7.17. The van der Waals surface area contributed by atoms with E-state index in [1.165, 1.54) is 11.6 Å². The third-order valence-corrected chi connectivity index (χ3v) is 3.85. The molecule has 1 aromatic carbocycles. The van der Waals surface area contributed by atoms with E-state index in [4.69, 9.17) is 5.73 Å². The molecular weight excluding hydrogens is 265 g/mol. The Morgan fingerprint density at radius 1 is 1.24 bits per heavy atom. The van der Waals surface area contributed by atoms with Crippen LogP contribution in [-0.2, 0) is 6.42 Å². The molecule has 2 rings (SSSR count). The number of aryl methyl sites for hydroxylation is 1. The van der Waals surface area contributed by atoms with Crippen LogP contribution in [0.1, 0.15) is 22.7 Å². The molecule has 21 heavy (non-hydrogen) atoms. The zero-order valence-corrected chi connectivity index (χ0v) is 12.6. The van der Waals surface area contributed by atoms with Crippen LogP contribution in [0.4, 0.5) is 4.39 Å². The van der Waals surface area contributed by atoms with Crippen LogP contribution in [0.5, 0.6) is 0 Å². The van der Waals surface area contributed by atoms with E-state index in [0.29, 0.717) is 6.54 Å². The molecule has 0 fully saturated rings. The van der Waals surface area contributed by atoms with Gasteiger partial charge < -0.3 is 5.73 Å². The van der Waals surface area contributed by atoms with Crippen molar-refractivity contribution in [2.24, 2.45) is 5.73 Å². The van der Waals surface area contributed by atoms with Gasteiger partial charge in [-0.25, -0.2) is 4.39 Å². The Hall–Kier alpha value is -1.78. The number of rotatable bonds is 6. The molecule has 2 aromatic rings. The molecule has 0 bridgehead atoms. The largest absolute Gasteiger partial charge is 0.329 e. The third-order valence-electron chi connectivity index (χ3n) is 3.85. The molecule has 0 aliphatic carbocycles.